The van der Waals surface area contributed by atoms with Gasteiger partial charge in [-0.3, -0.25) is 4.79 Å². The number of carbonyl (C=O) groups is 1. The Hall–Kier alpha value is -2.36. The van der Waals surface area contributed by atoms with Gasteiger partial charge in [0.15, 0.2) is 11.6 Å². The number of fused-ring (bicyclic) bond motifs is 1. The highest BCUT2D eigenvalue weighted by Crippen LogP contribution is 2.29. The average Bonchev–Trinajstić information content (AvgIpc) is 2.90. The maximum atomic E-state index is 13.7. The summed E-state index contributed by atoms with van der Waals surface area (Å²) in [5, 5.41) is 0. The fraction of sp³-hybridized carbons (Fsp3) is 0.278. The molecule has 2 aromatic carbocycles. The molecule has 0 unspecified atom stereocenters. The maximum Gasteiger partial charge on any atom is 0.231 e. The molecule has 0 aliphatic carbocycles. The molecule has 1 heterocycles. The molecule has 0 fully saturated rings. The van der Waals surface area contributed by atoms with Crippen molar-refractivity contribution in [2.45, 2.75) is 19.8 Å². The summed E-state index contributed by atoms with van der Waals surface area (Å²) in [7, 11) is 1.42. The van der Waals surface area contributed by atoms with Crippen LogP contribution in [0.2, 0.25) is 0 Å². The highest BCUT2D eigenvalue weighted by molar-refractivity contribution is 5.96. The van der Waals surface area contributed by atoms with Crippen LogP contribution in [-0.4, -0.2) is 19.6 Å². The molecule has 3 nitrogen and oxygen atoms in total. The fourth-order valence-corrected chi connectivity index (χ4v) is 2.84. The van der Waals surface area contributed by atoms with Crippen molar-refractivity contribution in [2.24, 2.45) is 0 Å². The minimum Gasteiger partial charge on any atom is -0.494 e. The topological polar surface area (TPSA) is 29.5 Å². The average molecular weight is 299 g/mol. The van der Waals surface area contributed by atoms with Gasteiger partial charge >= 0.3 is 0 Å². The summed E-state index contributed by atoms with van der Waals surface area (Å²) < 4.78 is 18.6. The molecule has 0 saturated carbocycles. The Morgan fingerprint density at radius 3 is 2.82 bits per heavy atom. The third-order valence-electron chi connectivity index (χ3n) is 4.01. The Balaban J connectivity index is 1.79. The lowest BCUT2D eigenvalue weighted by Gasteiger charge is -2.18. The first-order valence-corrected chi connectivity index (χ1v) is 7.31. The van der Waals surface area contributed by atoms with Crippen LogP contribution in [0.3, 0.4) is 0 Å². The van der Waals surface area contributed by atoms with Crippen LogP contribution in [0.1, 0.15) is 16.7 Å². The second kappa shape index (κ2) is 5.79. The van der Waals surface area contributed by atoms with Gasteiger partial charge in [-0.2, -0.15) is 0 Å². The second-order valence-electron chi connectivity index (χ2n) is 5.57. The Kier molecular flexibility index (Phi) is 3.84. The van der Waals surface area contributed by atoms with Gasteiger partial charge in [0.25, 0.3) is 0 Å². The lowest BCUT2D eigenvalue weighted by molar-refractivity contribution is -0.117. The van der Waals surface area contributed by atoms with Crippen LogP contribution in [0.15, 0.2) is 36.4 Å². The van der Waals surface area contributed by atoms with Gasteiger partial charge in [-0.15, -0.1) is 0 Å². The number of benzene rings is 2. The lowest BCUT2D eigenvalue weighted by atomic mass is 10.1. The number of halogens is 1. The van der Waals surface area contributed by atoms with Crippen molar-refractivity contribution in [2.75, 3.05) is 18.6 Å². The highest BCUT2D eigenvalue weighted by Gasteiger charge is 2.24. The first kappa shape index (κ1) is 14.6. The molecule has 1 aliphatic heterocycles. The van der Waals surface area contributed by atoms with Crippen molar-refractivity contribution in [3.8, 4) is 5.75 Å². The number of aryl methyl sites for hydroxylation is 1. The van der Waals surface area contributed by atoms with Crippen LogP contribution in [0.25, 0.3) is 0 Å². The van der Waals surface area contributed by atoms with Gasteiger partial charge in [-0.1, -0.05) is 18.2 Å². The van der Waals surface area contributed by atoms with Gasteiger partial charge in [0, 0.05) is 12.2 Å². The monoisotopic (exact) mass is 299 g/mol. The van der Waals surface area contributed by atoms with E-state index in [1.54, 1.807) is 17.0 Å². The van der Waals surface area contributed by atoms with Gasteiger partial charge in [0.05, 0.1) is 13.5 Å². The molecule has 0 atom stereocenters. The zero-order chi connectivity index (χ0) is 15.7. The summed E-state index contributed by atoms with van der Waals surface area (Å²) in [5.41, 5.74) is 3.97. The largest absolute Gasteiger partial charge is 0.494 e. The third-order valence-corrected chi connectivity index (χ3v) is 4.01. The second-order valence-corrected chi connectivity index (χ2v) is 5.57. The highest BCUT2D eigenvalue weighted by atomic mass is 19.1. The number of carbonyl (C=O) groups excluding carboxylic acids is 1. The Labute approximate surface area is 129 Å². The van der Waals surface area contributed by atoms with E-state index < -0.39 is 5.82 Å². The van der Waals surface area contributed by atoms with E-state index in [0.717, 1.165) is 17.7 Å². The number of hydrogen-bond acceptors (Lipinski definition) is 2. The van der Waals surface area contributed by atoms with Crippen LogP contribution in [0, 0.1) is 12.7 Å². The number of rotatable bonds is 3. The predicted molar refractivity (Wildman–Crippen MR) is 83.9 cm³/mol. The van der Waals surface area contributed by atoms with Crippen molar-refractivity contribution in [1.82, 2.24) is 0 Å². The predicted octanol–water partition coefficient (Wildman–Crippen LogP) is 3.27. The summed E-state index contributed by atoms with van der Waals surface area (Å²) in [6, 6.07) is 10.8. The van der Waals surface area contributed by atoms with Crippen molar-refractivity contribution >= 4 is 11.6 Å². The van der Waals surface area contributed by atoms with Crippen LogP contribution < -0.4 is 9.64 Å². The molecule has 0 spiro atoms. The fourth-order valence-electron chi connectivity index (χ4n) is 2.84. The Morgan fingerprint density at radius 2 is 2.09 bits per heavy atom. The van der Waals surface area contributed by atoms with Gasteiger partial charge < -0.3 is 9.64 Å². The van der Waals surface area contributed by atoms with Gasteiger partial charge in [-0.25, -0.2) is 4.39 Å². The summed E-state index contributed by atoms with van der Waals surface area (Å²) in [6.07, 6.45) is 1.06. The molecule has 0 saturated heterocycles. The molecule has 114 valence electrons. The number of ether oxygens (including phenoxy) is 1. The van der Waals surface area contributed by atoms with Crippen molar-refractivity contribution in [3.63, 3.8) is 0 Å². The van der Waals surface area contributed by atoms with E-state index in [1.165, 1.54) is 18.7 Å². The molecule has 0 aromatic heterocycles. The molecule has 0 radical (unpaired) electrons. The molecule has 3 rings (SSSR count). The lowest BCUT2D eigenvalue weighted by Crippen LogP contribution is -2.30. The molecule has 4 heteroatoms. The van der Waals surface area contributed by atoms with Gasteiger partial charge in [0.2, 0.25) is 5.91 Å². The van der Waals surface area contributed by atoms with E-state index in [2.05, 4.69) is 12.1 Å². The summed E-state index contributed by atoms with van der Waals surface area (Å²) >= 11 is 0. The number of methoxy groups -OCH3 is 1. The van der Waals surface area contributed by atoms with Crippen molar-refractivity contribution in [3.05, 3.63) is 58.9 Å². The molecule has 1 amide bonds. The molecule has 0 bridgehead atoms. The van der Waals surface area contributed by atoms with E-state index in [9.17, 15) is 9.18 Å². The molecular weight excluding hydrogens is 281 g/mol. The van der Waals surface area contributed by atoms with Crippen molar-refractivity contribution < 1.29 is 13.9 Å². The minimum absolute atomic E-state index is 0.00563. The number of nitrogens with zero attached hydrogens (tertiary/aromatic N) is 1. The van der Waals surface area contributed by atoms with Crippen LogP contribution >= 0.6 is 0 Å². The van der Waals surface area contributed by atoms with E-state index >= 15 is 0 Å². The van der Waals surface area contributed by atoms with Gasteiger partial charge in [-0.05, 0) is 48.2 Å². The van der Waals surface area contributed by atoms with E-state index in [1.807, 2.05) is 13.0 Å². The molecule has 0 N–H and O–H groups in total. The standard InChI is InChI=1S/C18H18FNO2/c1-12-3-5-14-7-8-20(16(14)9-12)18(21)11-13-4-6-17(22-2)15(19)10-13/h3-6,9-10H,7-8,11H2,1-2H3. The van der Waals surface area contributed by atoms with E-state index in [4.69, 9.17) is 4.74 Å². The maximum absolute atomic E-state index is 13.7. The SMILES string of the molecule is COc1ccc(CC(=O)N2CCc3ccc(C)cc32)cc1F. The molecule has 22 heavy (non-hydrogen) atoms. The number of hydrogen-bond donors (Lipinski definition) is 0. The minimum atomic E-state index is -0.439. The van der Waals surface area contributed by atoms with Crippen LogP contribution in [0.5, 0.6) is 5.75 Å². The Bertz CT molecular complexity index is 727. The summed E-state index contributed by atoms with van der Waals surface area (Å²) in [6.45, 7) is 2.70. The summed E-state index contributed by atoms with van der Waals surface area (Å²) in [5.74, 6) is -0.252. The molecule has 1 aliphatic rings. The Morgan fingerprint density at radius 1 is 1.27 bits per heavy atom. The number of anilines is 1. The van der Waals surface area contributed by atoms with E-state index in [-0.39, 0.29) is 18.1 Å². The van der Waals surface area contributed by atoms with Gasteiger partial charge in [0.1, 0.15) is 0 Å². The van der Waals surface area contributed by atoms with Crippen molar-refractivity contribution in [1.29, 1.82) is 0 Å². The first-order chi connectivity index (χ1) is 10.6. The quantitative estimate of drug-likeness (QED) is 0.870. The van der Waals surface area contributed by atoms with Crippen LogP contribution in [0.4, 0.5) is 10.1 Å². The summed E-state index contributed by atoms with van der Waals surface area (Å²) in [4.78, 5) is 14.3. The zero-order valence-electron chi connectivity index (χ0n) is 12.7. The third kappa shape index (κ3) is 2.69. The van der Waals surface area contributed by atoms with Crippen LogP contribution in [-0.2, 0) is 17.6 Å². The normalized spacial score (nSPS) is 13.1. The smallest absolute Gasteiger partial charge is 0.231 e. The molecular formula is C18H18FNO2. The number of amides is 1. The van der Waals surface area contributed by atoms with E-state index in [0.29, 0.717) is 12.1 Å². The zero-order valence-corrected chi connectivity index (χ0v) is 12.7. The molecule has 2 aromatic rings. The first-order valence-electron chi connectivity index (χ1n) is 7.31.